The summed E-state index contributed by atoms with van der Waals surface area (Å²) in [5.74, 6) is 1.54. The summed E-state index contributed by atoms with van der Waals surface area (Å²) >= 11 is 0. The number of hydrogen-bond donors (Lipinski definition) is 1. The van der Waals surface area contributed by atoms with Crippen molar-refractivity contribution in [3.05, 3.63) is 30.1 Å². The molecule has 1 aliphatic rings. The van der Waals surface area contributed by atoms with Gasteiger partial charge >= 0.3 is 0 Å². The minimum Gasteiger partial charge on any atom is -0.382 e. The maximum Gasteiger partial charge on any atom is 0.260 e. The molecule has 3 rings (SSSR count). The predicted molar refractivity (Wildman–Crippen MR) is 79.8 cm³/mol. The van der Waals surface area contributed by atoms with Gasteiger partial charge in [-0.05, 0) is 31.9 Å². The van der Waals surface area contributed by atoms with E-state index in [9.17, 15) is 8.42 Å². The molecule has 0 amide bonds. The fourth-order valence-corrected chi connectivity index (χ4v) is 3.95. The maximum atomic E-state index is 11.5. The van der Waals surface area contributed by atoms with E-state index in [1.54, 1.807) is 6.92 Å². The van der Waals surface area contributed by atoms with Crippen LogP contribution in [0.25, 0.3) is 11.5 Å². The zero-order valence-corrected chi connectivity index (χ0v) is 12.6. The van der Waals surface area contributed by atoms with E-state index in [1.807, 2.05) is 24.3 Å². The summed E-state index contributed by atoms with van der Waals surface area (Å²) in [7, 11) is -2.85. The van der Waals surface area contributed by atoms with E-state index in [0.29, 0.717) is 24.6 Å². The van der Waals surface area contributed by atoms with Crippen LogP contribution >= 0.6 is 0 Å². The molecule has 1 saturated heterocycles. The average Bonchev–Trinajstić information content (AvgIpc) is 2.88. The van der Waals surface area contributed by atoms with Gasteiger partial charge in [-0.2, -0.15) is 4.98 Å². The van der Waals surface area contributed by atoms with E-state index in [0.717, 1.165) is 11.3 Å². The van der Waals surface area contributed by atoms with Gasteiger partial charge in [0.25, 0.3) is 5.89 Å². The van der Waals surface area contributed by atoms with Crippen LogP contribution in [-0.2, 0) is 9.84 Å². The highest BCUT2D eigenvalue weighted by molar-refractivity contribution is 7.91. The monoisotopic (exact) mass is 307 g/mol. The molecule has 0 atom stereocenters. The van der Waals surface area contributed by atoms with Crippen LogP contribution in [0.15, 0.2) is 28.8 Å². The van der Waals surface area contributed by atoms with Crippen LogP contribution in [0.4, 0.5) is 5.69 Å². The lowest BCUT2D eigenvalue weighted by Crippen LogP contribution is -2.32. The molecule has 0 bridgehead atoms. The third-order valence-corrected chi connectivity index (χ3v) is 5.31. The lowest BCUT2D eigenvalue weighted by Gasteiger charge is -2.24. The number of para-hydroxylation sites is 1. The highest BCUT2D eigenvalue weighted by atomic mass is 32.2. The normalized spacial score (nSPS) is 18.5. The third kappa shape index (κ3) is 3.24. The number of rotatable bonds is 3. The van der Waals surface area contributed by atoms with Crippen molar-refractivity contribution in [1.82, 2.24) is 10.1 Å². The van der Waals surface area contributed by atoms with Crippen molar-refractivity contribution in [2.24, 2.45) is 0 Å². The summed E-state index contributed by atoms with van der Waals surface area (Å²) < 4.78 is 28.2. The van der Waals surface area contributed by atoms with E-state index >= 15 is 0 Å². The lowest BCUT2D eigenvalue weighted by atomic mass is 10.1. The Bertz CT molecular complexity index is 725. The Labute approximate surface area is 123 Å². The van der Waals surface area contributed by atoms with Crippen LogP contribution < -0.4 is 5.32 Å². The van der Waals surface area contributed by atoms with Gasteiger partial charge < -0.3 is 9.84 Å². The van der Waals surface area contributed by atoms with Crippen molar-refractivity contribution in [2.75, 3.05) is 16.8 Å². The summed E-state index contributed by atoms with van der Waals surface area (Å²) in [6.45, 7) is 1.77. The minimum absolute atomic E-state index is 0.152. The number of aromatic nitrogens is 2. The van der Waals surface area contributed by atoms with Crippen LogP contribution in [0.5, 0.6) is 0 Å². The quantitative estimate of drug-likeness (QED) is 0.934. The average molecular weight is 307 g/mol. The molecular formula is C14H17N3O3S. The highest BCUT2D eigenvalue weighted by Crippen LogP contribution is 2.28. The Morgan fingerprint density at radius 1 is 1.24 bits per heavy atom. The second-order valence-electron chi connectivity index (χ2n) is 5.26. The number of anilines is 1. The number of benzene rings is 1. The van der Waals surface area contributed by atoms with Crippen LogP contribution in [0.2, 0.25) is 0 Å². The molecule has 21 heavy (non-hydrogen) atoms. The van der Waals surface area contributed by atoms with Crippen LogP contribution in [0.1, 0.15) is 18.7 Å². The van der Waals surface area contributed by atoms with Gasteiger partial charge in [-0.25, -0.2) is 8.42 Å². The molecule has 1 aromatic carbocycles. The van der Waals surface area contributed by atoms with Gasteiger partial charge in [0.1, 0.15) is 9.84 Å². The molecule has 2 heterocycles. The van der Waals surface area contributed by atoms with Crippen molar-refractivity contribution < 1.29 is 12.9 Å². The molecule has 0 radical (unpaired) electrons. The fourth-order valence-electron chi connectivity index (χ4n) is 2.46. The molecule has 7 heteroatoms. The molecule has 0 saturated carbocycles. The molecular weight excluding hydrogens is 290 g/mol. The number of hydrogen-bond acceptors (Lipinski definition) is 6. The van der Waals surface area contributed by atoms with E-state index < -0.39 is 9.84 Å². The third-order valence-electron chi connectivity index (χ3n) is 3.60. The molecule has 0 spiro atoms. The first-order valence-electron chi connectivity index (χ1n) is 6.90. The Hall–Kier alpha value is -1.89. The first kappa shape index (κ1) is 14.1. The SMILES string of the molecule is Cc1noc(-c2ccccc2NC2CCS(=O)(=O)CC2)n1. The molecule has 112 valence electrons. The van der Waals surface area contributed by atoms with Gasteiger partial charge in [-0.3, -0.25) is 0 Å². The first-order valence-corrected chi connectivity index (χ1v) is 8.72. The second-order valence-corrected chi connectivity index (χ2v) is 7.57. The number of aryl methyl sites for hydroxylation is 1. The van der Waals surface area contributed by atoms with Crippen molar-refractivity contribution in [2.45, 2.75) is 25.8 Å². The zero-order chi connectivity index (χ0) is 14.9. The first-order chi connectivity index (χ1) is 10.0. The number of nitrogens with zero attached hydrogens (tertiary/aromatic N) is 2. The summed E-state index contributed by atoms with van der Waals surface area (Å²) in [6, 6.07) is 7.84. The molecule has 2 aromatic rings. The minimum atomic E-state index is -2.85. The molecule has 6 nitrogen and oxygen atoms in total. The van der Waals surface area contributed by atoms with E-state index in [-0.39, 0.29) is 17.5 Å². The largest absolute Gasteiger partial charge is 0.382 e. The Balaban J connectivity index is 1.80. The Kier molecular flexibility index (Phi) is 3.67. The number of sulfone groups is 1. The lowest BCUT2D eigenvalue weighted by molar-refractivity contribution is 0.425. The second kappa shape index (κ2) is 5.48. The standard InChI is InChI=1S/C14H17N3O3S/c1-10-15-14(20-17-10)12-4-2-3-5-13(12)16-11-6-8-21(18,19)9-7-11/h2-5,11,16H,6-9H2,1H3. The van der Waals surface area contributed by atoms with E-state index in [4.69, 9.17) is 4.52 Å². The molecule has 1 N–H and O–H groups in total. The predicted octanol–water partition coefficient (Wildman–Crippen LogP) is 2.03. The summed E-state index contributed by atoms with van der Waals surface area (Å²) in [4.78, 5) is 4.24. The van der Waals surface area contributed by atoms with Crippen LogP contribution in [0.3, 0.4) is 0 Å². The summed E-state index contributed by atoms with van der Waals surface area (Å²) in [5.41, 5.74) is 1.73. The number of nitrogens with one attached hydrogen (secondary N) is 1. The summed E-state index contributed by atoms with van der Waals surface area (Å²) in [5, 5.41) is 7.21. The zero-order valence-electron chi connectivity index (χ0n) is 11.7. The maximum absolute atomic E-state index is 11.5. The molecule has 1 aliphatic heterocycles. The fraction of sp³-hybridized carbons (Fsp3) is 0.429. The van der Waals surface area contributed by atoms with Gasteiger partial charge in [0.05, 0.1) is 17.1 Å². The van der Waals surface area contributed by atoms with E-state index in [1.165, 1.54) is 0 Å². The molecule has 0 unspecified atom stereocenters. The Morgan fingerprint density at radius 2 is 1.95 bits per heavy atom. The smallest absolute Gasteiger partial charge is 0.260 e. The topological polar surface area (TPSA) is 85.1 Å². The van der Waals surface area contributed by atoms with Crippen LogP contribution in [0, 0.1) is 6.92 Å². The van der Waals surface area contributed by atoms with Gasteiger partial charge in [-0.1, -0.05) is 17.3 Å². The van der Waals surface area contributed by atoms with Gasteiger partial charge in [0, 0.05) is 11.7 Å². The van der Waals surface area contributed by atoms with Crippen molar-refractivity contribution in [3.63, 3.8) is 0 Å². The molecule has 0 aliphatic carbocycles. The van der Waals surface area contributed by atoms with Crippen molar-refractivity contribution >= 4 is 15.5 Å². The molecule has 1 fully saturated rings. The van der Waals surface area contributed by atoms with Crippen LogP contribution in [-0.4, -0.2) is 36.1 Å². The van der Waals surface area contributed by atoms with Crippen molar-refractivity contribution in [3.8, 4) is 11.5 Å². The van der Waals surface area contributed by atoms with Gasteiger partial charge in [-0.15, -0.1) is 0 Å². The summed E-state index contributed by atoms with van der Waals surface area (Å²) in [6.07, 6.45) is 1.25. The molecule has 1 aromatic heterocycles. The van der Waals surface area contributed by atoms with E-state index in [2.05, 4.69) is 15.5 Å². The Morgan fingerprint density at radius 3 is 2.62 bits per heavy atom. The van der Waals surface area contributed by atoms with Crippen molar-refractivity contribution in [1.29, 1.82) is 0 Å². The highest BCUT2D eigenvalue weighted by Gasteiger charge is 2.24. The van der Waals surface area contributed by atoms with Gasteiger partial charge in [0.2, 0.25) is 0 Å². The van der Waals surface area contributed by atoms with Gasteiger partial charge in [0.15, 0.2) is 5.82 Å².